The van der Waals surface area contributed by atoms with Crippen molar-refractivity contribution in [2.45, 2.75) is 0 Å². The Morgan fingerprint density at radius 3 is 2.40 bits per heavy atom. The Morgan fingerprint density at radius 2 is 1.80 bits per heavy atom. The smallest absolute Gasteiger partial charge is 0.339 e. The number of hydrogen-bond acceptors (Lipinski definition) is 6. The molecule has 0 unspecified atom stereocenters. The first kappa shape index (κ1) is 17.7. The van der Waals surface area contributed by atoms with Crippen molar-refractivity contribution in [3.05, 3.63) is 58.1 Å². The van der Waals surface area contributed by atoms with Gasteiger partial charge in [-0.15, -0.1) is 0 Å². The molecule has 0 spiro atoms. The third-order valence-electron chi connectivity index (χ3n) is 3.13. The minimum Gasteiger partial charge on any atom is -0.493 e. The van der Waals surface area contributed by atoms with Crippen LogP contribution in [0.4, 0.5) is 16.2 Å². The first-order valence-electron chi connectivity index (χ1n) is 7.10. The molecule has 0 aromatic heterocycles. The van der Waals surface area contributed by atoms with Crippen LogP contribution in [0.3, 0.4) is 0 Å². The first-order valence-corrected chi connectivity index (χ1v) is 7.10. The van der Waals surface area contributed by atoms with Crippen molar-refractivity contribution in [1.29, 1.82) is 0 Å². The fourth-order valence-electron chi connectivity index (χ4n) is 1.99. The van der Waals surface area contributed by atoms with Gasteiger partial charge < -0.3 is 14.8 Å². The highest BCUT2D eigenvalue weighted by Crippen LogP contribution is 2.33. The van der Waals surface area contributed by atoms with Crippen LogP contribution in [0.5, 0.6) is 11.5 Å². The third kappa shape index (κ3) is 4.67. The fourth-order valence-corrected chi connectivity index (χ4v) is 1.99. The summed E-state index contributed by atoms with van der Waals surface area (Å²) in [5.41, 5.74) is 2.75. The summed E-state index contributed by atoms with van der Waals surface area (Å²) < 4.78 is 10.1. The van der Waals surface area contributed by atoms with Gasteiger partial charge in [0.1, 0.15) is 0 Å². The summed E-state index contributed by atoms with van der Waals surface area (Å²) in [7, 11) is 2.79. The van der Waals surface area contributed by atoms with Crippen LogP contribution < -0.4 is 20.2 Å². The van der Waals surface area contributed by atoms with Crippen LogP contribution in [-0.4, -0.2) is 31.4 Å². The van der Waals surface area contributed by atoms with Crippen LogP contribution in [-0.2, 0) is 0 Å². The van der Waals surface area contributed by atoms with Crippen LogP contribution in [0.2, 0.25) is 0 Å². The molecule has 0 aliphatic heterocycles. The molecular weight excluding hydrogens is 328 g/mol. The van der Waals surface area contributed by atoms with Crippen molar-refractivity contribution in [3.63, 3.8) is 0 Å². The minimum absolute atomic E-state index is 0.155. The van der Waals surface area contributed by atoms with Gasteiger partial charge in [0.05, 0.1) is 37.0 Å². The molecule has 0 aliphatic rings. The van der Waals surface area contributed by atoms with E-state index >= 15 is 0 Å². The topological polar surface area (TPSA) is 115 Å². The van der Waals surface area contributed by atoms with Gasteiger partial charge in [0, 0.05) is 5.69 Å². The van der Waals surface area contributed by atoms with Crippen LogP contribution in [0.25, 0.3) is 0 Å². The van der Waals surface area contributed by atoms with Gasteiger partial charge in [-0.3, -0.25) is 10.1 Å². The number of para-hydroxylation sites is 1. The van der Waals surface area contributed by atoms with Gasteiger partial charge in [0.2, 0.25) is 0 Å². The molecule has 0 bridgehead atoms. The van der Waals surface area contributed by atoms with Crippen molar-refractivity contribution >= 4 is 23.6 Å². The predicted molar refractivity (Wildman–Crippen MR) is 92.4 cm³/mol. The van der Waals surface area contributed by atoms with Gasteiger partial charge in [0.25, 0.3) is 5.69 Å². The highest BCUT2D eigenvalue weighted by atomic mass is 16.6. The number of benzene rings is 2. The second-order valence-corrected chi connectivity index (χ2v) is 4.71. The van der Waals surface area contributed by atoms with Gasteiger partial charge in [0.15, 0.2) is 11.5 Å². The number of amides is 2. The molecule has 2 rings (SSSR count). The average molecular weight is 344 g/mol. The maximum absolute atomic E-state index is 11.7. The Labute approximate surface area is 143 Å². The molecule has 2 amide bonds. The predicted octanol–water partition coefficient (Wildman–Crippen LogP) is 2.77. The zero-order valence-corrected chi connectivity index (χ0v) is 13.6. The van der Waals surface area contributed by atoms with Gasteiger partial charge >= 0.3 is 6.03 Å². The number of methoxy groups -OCH3 is 2. The van der Waals surface area contributed by atoms with E-state index in [0.29, 0.717) is 11.4 Å². The highest BCUT2D eigenvalue weighted by molar-refractivity contribution is 5.91. The average Bonchev–Trinajstić information content (AvgIpc) is 2.61. The van der Waals surface area contributed by atoms with Crippen molar-refractivity contribution < 1.29 is 19.2 Å². The summed E-state index contributed by atoms with van der Waals surface area (Å²) in [5, 5.41) is 17.5. The maximum Gasteiger partial charge on any atom is 0.339 e. The summed E-state index contributed by atoms with van der Waals surface area (Å²) in [6.07, 6.45) is 1.16. The number of anilines is 1. The number of nitrogens with one attached hydrogen (secondary N) is 2. The monoisotopic (exact) mass is 344 g/mol. The Morgan fingerprint density at radius 1 is 1.16 bits per heavy atom. The van der Waals surface area contributed by atoms with Crippen molar-refractivity contribution in [1.82, 2.24) is 5.43 Å². The third-order valence-corrected chi connectivity index (χ3v) is 3.13. The molecule has 0 radical (unpaired) electrons. The molecule has 0 atom stereocenters. The van der Waals surface area contributed by atoms with E-state index in [0.717, 1.165) is 6.21 Å². The molecule has 0 fully saturated rings. The van der Waals surface area contributed by atoms with E-state index in [2.05, 4.69) is 15.8 Å². The summed E-state index contributed by atoms with van der Waals surface area (Å²) in [6.45, 7) is 0. The summed E-state index contributed by atoms with van der Waals surface area (Å²) in [5.74, 6) is 0.532. The molecule has 0 saturated heterocycles. The Hall–Kier alpha value is -3.62. The standard InChI is InChI=1S/C16H16N4O5/c1-24-14-8-11(13(20(22)23)9-15(14)25-2)10-17-19-16(21)18-12-6-4-3-5-7-12/h3-10H,1-2H3,(H2,18,19,21)/b17-10-. The van der Waals surface area contributed by atoms with Crippen LogP contribution in [0.15, 0.2) is 47.6 Å². The molecule has 2 aromatic rings. The lowest BCUT2D eigenvalue weighted by molar-refractivity contribution is -0.385. The second kappa shape index (κ2) is 8.29. The Balaban J connectivity index is 2.14. The van der Waals surface area contributed by atoms with Gasteiger partial charge in [-0.05, 0) is 18.2 Å². The zero-order valence-electron chi connectivity index (χ0n) is 13.6. The maximum atomic E-state index is 11.7. The lowest BCUT2D eigenvalue weighted by Crippen LogP contribution is -2.24. The number of carbonyl (C=O) groups is 1. The number of nitro groups is 1. The number of ether oxygens (including phenoxy) is 2. The van der Waals surface area contributed by atoms with E-state index in [1.54, 1.807) is 24.3 Å². The number of nitro benzene ring substituents is 1. The van der Waals surface area contributed by atoms with E-state index in [4.69, 9.17) is 9.47 Å². The first-order chi connectivity index (χ1) is 12.0. The minimum atomic E-state index is -0.578. The Bertz CT molecular complexity index is 793. The van der Waals surface area contributed by atoms with Gasteiger partial charge in [-0.1, -0.05) is 18.2 Å². The Kier molecular flexibility index (Phi) is 5.88. The molecule has 9 heteroatoms. The molecular formula is C16H16N4O5. The fraction of sp³-hybridized carbons (Fsp3) is 0.125. The number of nitrogens with zero attached hydrogens (tertiary/aromatic N) is 2. The number of hydrazone groups is 1. The summed E-state index contributed by atoms with van der Waals surface area (Å²) >= 11 is 0. The SMILES string of the molecule is COc1cc(/C=N\NC(=O)Nc2ccccc2)c([N+](=O)[O-])cc1OC. The summed E-state index contributed by atoms with van der Waals surface area (Å²) in [6, 6.07) is 10.8. The molecule has 2 N–H and O–H groups in total. The number of urea groups is 1. The number of hydrogen-bond donors (Lipinski definition) is 2. The van der Waals surface area contributed by atoms with Crippen LogP contribution in [0, 0.1) is 10.1 Å². The van der Waals surface area contributed by atoms with Gasteiger partial charge in [-0.25, -0.2) is 10.2 Å². The van der Waals surface area contributed by atoms with E-state index in [9.17, 15) is 14.9 Å². The number of carbonyl (C=O) groups excluding carboxylic acids is 1. The summed E-state index contributed by atoms with van der Waals surface area (Å²) in [4.78, 5) is 22.3. The zero-order chi connectivity index (χ0) is 18.2. The second-order valence-electron chi connectivity index (χ2n) is 4.71. The molecule has 0 heterocycles. The molecule has 130 valence electrons. The van der Waals surface area contributed by atoms with Crippen molar-refractivity contribution in [2.24, 2.45) is 5.10 Å². The molecule has 0 saturated carbocycles. The van der Waals surface area contributed by atoms with Gasteiger partial charge in [-0.2, -0.15) is 5.10 Å². The lowest BCUT2D eigenvalue weighted by atomic mass is 10.1. The molecule has 9 nitrogen and oxygen atoms in total. The number of rotatable bonds is 6. The normalized spacial score (nSPS) is 10.3. The van der Waals surface area contributed by atoms with Crippen LogP contribution in [0.1, 0.15) is 5.56 Å². The van der Waals surface area contributed by atoms with E-state index in [-0.39, 0.29) is 17.0 Å². The van der Waals surface area contributed by atoms with E-state index in [1.165, 1.54) is 26.4 Å². The van der Waals surface area contributed by atoms with E-state index < -0.39 is 11.0 Å². The van der Waals surface area contributed by atoms with E-state index in [1.807, 2.05) is 6.07 Å². The highest BCUT2D eigenvalue weighted by Gasteiger charge is 2.18. The quantitative estimate of drug-likeness (QED) is 0.475. The molecule has 2 aromatic carbocycles. The van der Waals surface area contributed by atoms with Crippen LogP contribution >= 0.6 is 0 Å². The molecule has 25 heavy (non-hydrogen) atoms. The van der Waals surface area contributed by atoms with Crippen molar-refractivity contribution in [3.8, 4) is 11.5 Å². The van der Waals surface area contributed by atoms with Crippen molar-refractivity contribution in [2.75, 3.05) is 19.5 Å². The largest absolute Gasteiger partial charge is 0.493 e. The molecule has 0 aliphatic carbocycles. The lowest BCUT2D eigenvalue weighted by Gasteiger charge is -2.08.